The van der Waals surface area contributed by atoms with Crippen LogP contribution in [-0.4, -0.2) is 21.9 Å². The number of aliphatic hydroxyl groups excluding tert-OH is 1. The van der Waals surface area contributed by atoms with Crippen LogP contribution in [0.1, 0.15) is 18.7 Å². The number of aromatic hydroxyl groups is 2. The first-order valence-electron chi connectivity index (χ1n) is 4.08. The van der Waals surface area contributed by atoms with Crippen LogP contribution < -0.4 is 5.32 Å². The van der Waals surface area contributed by atoms with Gasteiger partial charge in [0.15, 0.2) is 11.5 Å². The van der Waals surface area contributed by atoms with Crippen molar-refractivity contribution in [1.82, 2.24) is 5.32 Å². The highest BCUT2D eigenvalue weighted by Gasteiger charge is 2.07. The van der Waals surface area contributed by atoms with Crippen molar-refractivity contribution >= 4 is 0 Å². The Morgan fingerprint density at radius 3 is 2.54 bits per heavy atom. The number of hydrogen-bond acceptors (Lipinski definition) is 4. The molecule has 4 heteroatoms. The van der Waals surface area contributed by atoms with E-state index in [9.17, 15) is 5.11 Å². The van der Waals surface area contributed by atoms with Crippen LogP contribution >= 0.6 is 0 Å². The summed E-state index contributed by atoms with van der Waals surface area (Å²) in [6.07, 6.45) is -0.809. The fourth-order valence-electron chi connectivity index (χ4n) is 1.02. The van der Waals surface area contributed by atoms with Gasteiger partial charge in [0.1, 0.15) is 6.23 Å². The second-order valence-electron chi connectivity index (χ2n) is 2.71. The Hall–Kier alpha value is -1.26. The van der Waals surface area contributed by atoms with Gasteiger partial charge in [0.25, 0.3) is 0 Å². The minimum absolute atomic E-state index is 0.188. The summed E-state index contributed by atoms with van der Waals surface area (Å²) in [5.41, 5.74) is 0.525. The quantitative estimate of drug-likeness (QED) is 0.411. The molecule has 0 heterocycles. The summed E-state index contributed by atoms with van der Waals surface area (Å²) < 4.78 is 0. The first-order chi connectivity index (χ1) is 6.15. The van der Waals surface area contributed by atoms with Crippen LogP contribution in [0.2, 0.25) is 0 Å². The molecule has 0 saturated heterocycles. The Bertz CT molecular complexity index is 288. The largest absolute Gasteiger partial charge is 0.504 e. The van der Waals surface area contributed by atoms with E-state index in [2.05, 4.69) is 5.32 Å². The number of phenolic OH excluding ortho intramolecular Hbond substituents is 2. The van der Waals surface area contributed by atoms with Crippen molar-refractivity contribution in [2.45, 2.75) is 13.2 Å². The molecule has 1 aromatic carbocycles. The van der Waals surface area contributed by atoms with Crippen molar-refractivity contribution in [2.24, 2.45) is 0 Å². The molecule has 0 aliphatic rings. The second kappa shape index (κ2) is 4.11. The number of nitrogens with one attached hydrogen (secondary N) is 1. The smallest absolute Gasteiger partial charge is 0.157 e. The van der Waals surface area contributed by atoms with E-state index in [-0.39, 0.29) is 11.5 Å². The van der Waals surface area contributed by atoms with Crippen LogP contribution in [0.4, 0.5) is 0 Å². The summed E-state index contributed by atoms with van der Waals surface area (Å²) in [7, 11) is 0. The van der Waals surface area contributed by atoms with E-state index >= 15 is 0 Å². The zero-order chi connectivity index (χ0) is 9.84. The first kappa shape index (κ1) is 9.83. The highest BCUT2D eigenvalue weighted by Crippen LogP contribution is 2.26. The van der Waals surface area contributed by atoms with E-state index in [4.69, 9.17) is 10.2 Å². The van der Waals surface area contributed by atoms with E-state index in [0.29, 0.717) is 12.1 Å². The Morgan fingerprint density at radius 1 is 1.31 bits per heavy atom. The topological polar surface area (TPSA) is 72.7 Å². The van der Waals surface area contributed by atoms with Crippen molar-refractivity contribution in [3.63, 3.8) is 0 Å². The van der Waals surface area contributed by atoms with Gasteiger partial charge >= 0.3 is 0 Å². The third-order valence-corrected chi connectivity index (χ3v) is 1.71. The fourth-order valence-corrected chi connectivity index (χ4v) is 1.02. The molecule has 1 aromatic rings. The minimum atomic E-state index is -0.809. The highest BCUT2D eigenvalue weighted by molar-refractivity contribution is 5.41. The molecule has 0 amide bonds. The number of hydrogen-bond donors (Lipinski definition) is 4. The first-order valence-corrected chi connectivity index (χ1v) is 4.08. The van der Waals surface area contributed by atoms with Crippen molar-refractivity contribution in [3.8, 4) is 11.5 Å². The van der Waals surface area contributed by atoms with Crippen molar-refractivity contribution < 1.29 is 15.3 Å². The van der Waals surface area contributed by atoms with Gasteiger partial charge < -0.3 is 15.3 Å². The van der Waals surface area contributed by atoms with Crippen molar-refractivity contribution in [3.05, 3.63) is 23.8 Å². The summed E-state index contributed by atoms with van der Waals surface area (Å²) in [6.45, 7) is 2.49. The predicted octanol–water partition coefficient (Wildman–Crippen LogP) is 0.698. The van der Waals surface area contributed by atoms with Crippen LogP contribution in [0.15, 0.2) is 18.2 Å². The summed E-state index contributed by atoms with van der Waals surface area (Å²) in [5.74, 6) is -0.415. The average molecular weight is 183 g/mol. The van der Waals surface area contributed by atoms with Crippen LogP contribution in [0.3, 0.4) is 0 Å². The number of benzene rings is 1. The van der Waals surface area contributed by atoms with Gasteiger partial charge in [-0.1, -0.05) is 13.0 Å². The molecule has 0 aliphatic heterocycles. The molecule has 0 fully saturated rings. The molecule has 72 valence electrons. The van der Waals surface area contributed by atoms with Gasteiger partial charge in [0, 0.05) is 0 Å². The van der Waals surface area contributed by atoms with Crippen LogP contribution in [-0.2, 0) is 0 Å². The average Bonchev–Trinajstić information content (AvgIpc) is 2.10. The van der Waals surface area contributed by atoms with Gasteiger partial charge in [-0.2, -0.15) is 0 Å². The maximum Gasteiger partial charge on any atom is 0.157 e. The van der Waals surface area contributed by atoms with Gasteiger partial charge in [-0.25, -0.2) is 0 Å². The molecule has 1 atom stereocenters. The lowest BCUT2D eigenvalue weighted by atomic mass is 10.2. The molecule has 4 N–H and O–H groups in total. The molecule has 0 radical (unpaired) electrons. The molecule has 0 bridgehead atoms. The molecule has 0 aromatic heterocycles. The fraction of sp³-hybridized carbons (Fsp3) is 0.333. The van der Waals surface area contributed by atoms with E-state index in [1.165, 1.54) is 12.1 Å². The number of rotatable bonds is 3. The van der Waals surface area contributed by atoms with Gasteiger partial charge in [0.05, 0.1) is 0 Å². The third-order valence-electron chi connectivity index (χ3n) is 1.71. The molecule has 13 heavy (non-hydrogen) atoms. The normalized spacial score (nSPS) is 12.8. The number of aliphatic hydroxyl groups is 1. The molecule has 0 saturated carbocycles. The maximum atomic E-state index is 9.43. The Balaban J connectivity index is 2.84. The maximum absolute atomic E-state index is 9.43. The summed E-state index contributed by atoms with van der Waals surface area (Å²) in [5, 5.41) is 30.3. The van der Waals surface area contributed by atoms with E-state index < -0.39 is 6.23 Å². The number of phenols is 2. The van der Waals surface area contributed by atoms with E-state index in [1.807, 2.05) is 6.92 Å². The van der Waals surface area contributed by atoms with Crippen LogP contribution in [0.5, 0.6) is 11.5 Å². The Kier molecular flexibility index (Phi) is 3.11. The van der Waals surface area contributed by atoms with Crippen molar-refractivity contribution in [1.29, 1.82) is 0 Å². The predicted molar refractivity (Wildman–Crippen MR) is 48.4 cm³/mol. The van der Waals surface area contributed by atoms with Crippen LogP contribution in [0.25, 0.3) is 0 Å². The lowest BCUT2D eigenvalue weighted by molar-refractivity contribution is 0.141. The molecule has 1 unspecified atom stereocenters. The van der Waals surface area contributed by atoms with E-state index in [0.717, 1.165) is 0 Å². The third kappa shape index (κ3) is 2.34. The zero-order valence-electron chi connectivity index (χ0n) is 7.36. The molecular weight excluding hydrogens is 170 g/mol. The van der Waals surface area contributed by atoms with Crippen LogP contribution in [0, 0.1) is 0 Å². The Labute approximate surface area is 76.5 Å². The van der Waals surface area contributed by atoms with Gasteiger partial charge in [0.2, 0.25) is 0 Å². The van der Waals surface area contributed by atoms with Gasteiger partial charge in [-0.05, 0) is 24.2 Å². The lowest BCUT2D eigenvalue weighted by Crippen LogP contribution is -2.19. The Morgan fingerprint density at radius 2 is 2.00 bits per heavy atom. The van der Waals surface area contributed by atoms with Gasteiger partial charge in [-0.3, -0.25) is 5.32 Å². The van der Waals surface area contributed by atoms with Crippen molar-refractivity contribution in [2.75, 3.05) is 6.54 Å². The molecule has 0 aliphatic carbocycles. The van der Waals surface area contributed by atoms with E-state index in [1.54, 1.807) is 6.07 Å². The highest BCUT2D eigenvalue weighted by atomic mass is 16.3. The molecule has 0 spiro atoms. The molecule has 1 rings (SSSR count). The van der Waals surface area contributed by atoms with Gasteiger partial charge in [-0.15, -0.1) is 0 Å². The minimum Gasteiger partial charge on any atom is -0.504 e. The zero-order valence-corrected chi connectivity index (χ0v) is 7.36. The SMILES string of the molecule is CCNC(O)c1ccc(O)c(O)c1. The summed E-state index contributed by atoms with van der Waals surface area (Å²) >= 11 is 0. The molecule has 4 nitrogen and oxygen atoms in total. The second-order valence-corrected chi connectivity index (χ2v) is 2.71. The standard InChI is InChI=1S/C9H13NO3/c1-2-10-9(13)6-3-4-7(11)8(12)5-6/h3-5,9-13H,2H2,1H3. The monoisotopic (exact) mass is 183 g/mol. The molecular formula is C9H13NO3. The lowest BCUT2D eigenvalue weighted by Gasteiger charge is -2.11. The summed E-state index contributed by atoms with van der Waals surface area (Å²) in [4.78, 5) is 0. The summed E-state index contributed by atoms with van der Waals surface area (Å²) in [6, 6.07) is 4.20.